The summed E-state index contributed by atoms with van der Waals surface area (Å²) in [5, 5.41) is 0. The van der Waals surface area contributed by atoms with Gasteiger partial charge in [0.15, 0.2) is 0 Å². The van der Waals surface area contributed by atoms with Crippen LogP contribution in [0, 0.1) is 0 Å². The molecular formula is C12H15NO4. The van der Waals surface area contributed by atoms with E-state index in [-0.39, 0.29) is 12.1 Å². The Morgan fingerprint density at radius 3 is 2.88 bits per heavy atom. The summed E-state index contributed by atoms with van der Waals surface area (Å²) < 4.78 is 15.5. The number of esters is 1. The second-order valence-electron chi connectivity index (χ2n) is 3.75. The SMILES string of the molecule is CCOC(=O)c1ccc(N)c(OC2COC2)c1. The van der Waals surface area contributed by atoms with Crippen molar-refractivity contribution in [2.24, 2.45) is 0 Å². The molecule has 0 unspecified atom stereocenters. The largest absolute Gasteiger partial charge is 0.483 e. The van der Waals surface area contributed by atoms with Gasteiger partial charge in [-0.2, -0.15) is 0 Å². The van der Waals surface area contributed by atoms with Gasteiger partial charge in [0.05, 0.1) is 31.1 Å². The molecule has 92 valence electrons. The second kappa shape index (κ2) is 5.05. The Morgan fingerprint density at radius 2 is 2.29 bits per heavy atom. The zero-order valence-electron chi connectivity index (χ0n) is 9.64. The van der Waals surface area contributed by atoms with Crippen LogP contribution in [-0.2, 0) is 9.47 Å². The molecule has 0 aromatic heterocycles. The fourth-order valence-electron chi connectivity index (χ4n) is 1.44. The average molecular weight is 237 g/mol. The summed E-state index contributed by atoms with van der Waals surface area (Å²) in [5.74, 6) is 0.131. The molecule has 5 heteroatoms. The summed E-state index contributed by atoms with van der Waals surface area (Å²) in [6.07, 6.45) is 0.0229. The molecular weight excluding hydrogens is 222 g/mol. The molecule has 0 spiro atoms. The maximum Gasteiger partial charge on any atom is 0.338 e. The Balaban J connectivity index is 2.13. The number of ether oxygens (including phenoxy) is 3. The van der Waals surface area contributed by atoms with Gasteiger partial charge in [-0.15, -0.1) is 0 Å². The van der Waals surface area contributed by atoms with Crippen molar-refractivity contribution in [2.45, 2.75) is 13.0 Å². The van der Waals surface area contributed by atoms with Crippen molar-refractivity contribution in [1.82, 2.24) is 0 Å². The van der Waals surface area contributed by atoms with Gasteiger partial charge in [0.25, 0.3) is 0 Å². The Hall–Kier alpha value is -1.75. The lowest BCUT2D eigenvalue weighted by atomic mass is 10.2. The lowest BCUT2D eigenvalue weighted by Gasteiger charge is -2.27. The number of nitrogen functional groups attached to an aromatic ring is 1. The normalized spacial score (nSPS) is 15.1. The molecule has 0 bridgehead atoms. The Kier molecular flexibility index (Phi) is 3.49. The maximum absolute atomic E-state index is 11.5. The quantitative estimate of drug-likeness (QED) is 0.629. The third-order valence-electron chi connectivity index (χ3n) is 2.43. The fraction of sp³-hybridized carbons (Fsp3) is 0.417. The Labute approximate surface area is 99.5 Å². The van der Waals surface area contributed by atoms with Crippen LogP contribution in [0.1, 0.15) is 17.3 Å². The lowest BCUT2D eigenvalue weighted by Crippen LogP contribution is -2.38. The highest BCUT2D eigenvalue weighted by molar-refractivity contribution is 5.90. The highest BCUT2D eigenvalue weighted by Crippen LogP contribution is 2.25. The zero-order valence-corrected chi connectivity index (χ0v) is 9.64. The zero-order chi connectivity index (χ0) is 12.3. The van der Waals surface area contributed by atoms with Crippen molar-refractivity contribution in [1.29, 1.82) is 0 Å². The third-order valence-corrected chi connectivity index (χ3v) is 2.43. The molecule has 1 fully saturated rings. The summed E-state index contributed by atoms with van der Waals surface area (Å²) in [7, 11) is 0. The van der Waals surface area contributed by atoms with Crippen LogP contribution in [-0.4, -0.2) is 31.9 Å². The summed E-state index contributed by atoms with van der Waals surface area (Å²) in [6, 6.07) is 4.87. The molecule has 1 aromatic carbocycles. The van der Waals surface area contributed by atoms with E-state index in [0.717, 1.165) is 0 Å². The lowest BCUT2D eigenvalue weighted by molar-refractivity contribution is -0.0794. The van der Waals surface area contributed by atoms with Crippen molar-refractivity contribution >= 4 is 11.7 Å². The van der Waals surface area contributed by atoms with Crippen LogP contribution in [0.15, 0.2) is 18.2 Å². The van der Waals surface area contributed by atoms with Crippen LogP contribution in [0.25, 0.3) is 0 Å². The summed E-state index contributed by atoms with van der Waals surface area (Å²) in [6.45, 7) is 3.22. The molecule has 1 aromatic rings. The number of anilines is 1. The smallest absolute Gasteiger partial charge is 0.338 e. The van der Waals surface area contributed by atoms with Crippen LogP contribution in [0.4, 0.5) is 5.69 Å². The molecule has 0 aliphatic carbocycles. The van der Waals surface area contributed by atoms with E-state index in [1.807, 2.05) is 0 Å². The first-order chi connectivity index (χ1) is 8.20. The fourth-order valence-corrected chi connectivity index (χ4v) is 1.44. The van der Waals surface area contributed by atoms with Crippen LogP contribution in [0.2, 0.25) is 0 Å². The average Bonchev–Trinajstić information content (AvgIpc) is 2.25. The molecule has 17 heavy (non-hydrogen) atoms. The van der Waals surface area contributed by atoms with E-state index in [1.54, 1.807) is 25.1 Å². The molecule has 1 aliphatic heterocycles. The predicted molar refractivity (Wildman–Crippen MR) is 62.0 cm³/mol. The van der Waals surface area contributed by atoms with E-state index in [2.05, 4.69) is 0 Å². The van der Waals surface area contributed by atoms with Gasteiger partial charge in [0, 0.05) is 0 Å². The van der Waals surface area contributed by atoms with Gasteiger partial charge in [-0.05, 0) is 25.1 Å². The van der Waals surface area contributed by atoms with Crippen molar-refractivity contribution in [3.05, 3.63) is 23.8 Å². The van der Waals surface area contributed by atoms with Crippen LogP contribution in [0.5, 0.6) is 5.75 Å². The maximum atomic E-state index is 11.5. The summed E-state index contributed by atoms with van der Waals surface area (Å²) in [5.41, 5.74) is 6.72. The van der Waals surface area contributed by atoms with E-state index in [9.17, 15) is 4.79 Å². The molecule has 0 amide bonds. The van der Waals surface area contributed by atoms with Crippen LogP contribution >= 0.6 is 0 Å². The van der Waals surface area contributed by atoms with Crippen LogP contribution in [0.3, 0.4) is 0 Å². The third kappa shape index (κ3) is 2.68. The van der Waals surface area contributed by atoms with Crippen LogP contribution < -0.4 is 10.5 Å². The van der Waals surface area contributed by atoms with Gasteiger partial charge >= 0.3 is 5.97 Å². The molecule has 2 N–H and O–H groups in total. The summed E-state index contributed by atoms with van der Waals surface area (Å²) >= 11 is 0. The first-order valence-corrected chi connectivity index (χ1v) is 5.51. The van der Waals surface area contributed by atoms with Gasteiger partial charge in [-0.3, -0.25) is 0 Å². The minimum Gasteiger partial charge on any atom is -0.483 e. The highest BCUT2D eigenvalue weighted by atomic mass is 16.6. The van der Waals surface area contributed by atoms with E-state index >= 15 is 0 Å². The molecule has 5 nitrogen and oxygen atoms in total. The minimum absolute atomic E-state index is 0.0229. The predicted octanol–water partition coefficient (Wildman–Crippen LogP) is 1.22. The number of carbonyl (C=O) groups excluding carboxylic acids is 1. The van der Waals surface area contributed by atoms with Crippen molar-refractivity contribution in [2.75, 3.05) is 25.6 Å². The Bertz CT molecular complexity index is 415. The van der Waals surface area contributed by atoms with E-state index < -0.39 is 0 Å². The first kappa shape index (κ1) is 11.7. The minimum atomic E-state index is -0.373. The van der Waals surface area contributed by atoms with Crippen molar-refractivity contribution in [3.63, 3.8) is 0 Å². The number of nitrogens with two attached hydrogens (primary N) is 1. The number of hydrogen-bond acceptors (Lipinski definition) is 5. The number of rotatable bonds is 4. The standard InChI is InChI=1S/C12H15NO4/c1-2-16-12(14)8-3-4-10(13)11(5-8)17-9-6-15-7-9/h3-5,9H,2,6-7,13H2,1H3. The topological polar surface area (TPSA) is 70.8 Å². The second-order valence-corrected chi connectivity index (χ2v) is 3.75. The molecule has 0 radical (unpaired) electrons. The molecule has 1 heterocycles. The van der Waals surface area contributed by atoms with Gasteiger partial charge < -0.3 is 19.9 Å². The highest BCUT2D eigenvalue weighted by Gasteiger charge is 2.21. The molecule has 1 aliphatic rings. The van der Waals surface area contributed by atoms with Gasteiger partial charge in [0.1, 0.15) is 11.9 Å². The van der Waals surface area contributed by atoms with E-state index in [1.165, 1.54) is 0 Å². The van der Waals surface area contributed by atoms with Gasteiger partial charge in [0.2, 0.25) is 0 Å². The first-order valence-electron chi connectivity index (χ1n) is 5.51. The number of benzene rings is 1. The molecule has 1 saturated heterocycles. The summed E-state index contributed by atoms with van der Waals surface area (Å²) in [4.78, 5) is 11.5. The van der Waals surface area contributed by atoms with Gasteiger partial charge in [-0.1, -0.05) is 0 Å². The van der Waals surface area contributed by atoms with Gasteiger partial charge in [-0.25, -0.2) is 4.79 Å². The number of hydrogen-bond donors (Lipinski definition) is 1. The van der Waals surface area contributed by atoms with Crippen molar-refractivity contribution in [3.8, 4) is 5.75 Å². The molecule has 2 rings (SSSR count). The van der Waals surface area contributed by atoms with E-state index in [4.69, 9.17) is 19.9 Å². The molecule has 0 saturated carbocycles. The Morgan fingerprint density at radius 1 is 1.53 bits per heavy atom. The monoisotopic (exact) mass is 237 g/mol. The number of carbonyl (C=O) groups is 1. The van der Waals surface area contributed by atoms with Crippen molar-refractivity contribution < 1.29 is 19.0 Å². The molecule has 0 atom stereocenters. The van der Waals surface area contributed by atoms with E-state index in [0.29, 0.717) is 36.8 Å².